The zero-order valence-corrected chi connectivity index (χ0v) is 12.8. The van der Waals surface area contributed by atoms with Crippen LogP contribution in [0.3, 0.4) is 0 Å². The molecule has 0 heterocycles. The van der Waals surface area contributed by atoms with Gasteiger partial charge in [-0.25, -0.2) is 4.39 Å². The molecule has 0 saturated heterocycles. The van der Waals surface area contributed by atoms with E-state index in [4.69, 9.17) is 11.6 Å². The summed E-state index contributed by atoms with van der Waals surface area (Å²) in [5.74, 6) is -0.311. The number of halogens is 2. The SMILES string of the molecule is CCC(CC)(CNCc1cccc(Cl)c1F)SC. The molecular weight excluding hydrogens is 269 g/mol. The van der Waals surface area contributed by atoms with Crippen molar-refractivity contribution in [3.8, 4) is 0 Å². The van der Waals surface area contributed by atoms with Crippen LogP contribution in [0, 0.1) is 5.82 Å². The number of hydrogen-bond acceptors (Lipinski definition) is 2. The molecule has 1 aromatic carbocycles. The summed E-state index contributed by atoms with van der Waals surface area (Å²) in [6.45, 7) is 5.80. The molecule has 0 spiro atoms. The Morgan fingerprint density at radius 2 is 2.00 bits per heavy atom. The molecule has 0 aromatic heterocycles. The first kappa shape index (κ1) is 15.8. The Morgan fingerprint density at radius 1 is 1.33 bits per heavy atom. The smallest absolute Gasteiger partial charge is 0.146 e. The zero-order valence-electron chi connectivity index (χ0n) is 11.2. The highest BCUT2D eigenvalue weighted by molar-refractivity contribution is 8.00. The molecule has 0 aliphatic carbocycles. The van der Waals surface area contributed by atoms with Crippen LogP contribution in [-0.2, 0) is 6.54 Å². The molecule has 0 saturated carbocycles. The molecule has 0 aliphatic rings. The standard InChI is InChI=1S/C14H21ClFNS/c1-4-14(5-2,18-3)10-17-9-11-7-6-8-12(15)13(11)16/h6-8,17H,4-5,9-10H2,1-3H3. The van der Waals surface area contributed by atoms with Gasteiger partial charge in [0.05, 0.1) is 5.02 Å². The van der Waals surface area contributed by atoms with Crippen molar-refractivity contribution in [2.24, 2.45) is 0 Å². The maximum absolute atomic E-state index is 13.7. The van der Waals surface area contributed by atoms with Crippen molar-refractivity contribution in [3.63, 3.8) is 0 Å². The number of thioether (sulfide) groups is 1. The second-order valence-corrected chi connectivity index (χ2v) is 6.09. The Bertz CT molecular complexity index is 372. The quantitative estimate of drug-likeness (QED) is 0.794. The average molecular weight is 290 g/mol. The van der Waals surface area contributed by atoms with Crippen LogP contribution in [0.2, 0.25) is 5.02 Å². The van der Waals surface area contributed by atoms with Crippen LogP contribution in [0.15, 0.2) is 18.2 Å². The van der Waals surface area contributed by atoms with Gasteiger partial charge in [0.1, 0.15) is 5.82 Å². The number of hydrogen-bond donors (Lipinski definition) is 1. The van der Waals surface area contributed by atoms with E-state index in [1.165, 1.54) is 0 Å². The molecule has 0 unspecified atom stereocenters. The average Bonchev–Trinajstić information content (AvgIpc) is 2.40. The third kappa shape index (κ3) is 3.87. The second-order valence-electron chi connectivity index (χ2n) is 4.41. The lowest BCUT2D eigenvalue weighted by atomic mass is 10.0. The van der Waals surface area contributed by atoms with E-state index in [1.54, 1.807) is 18.2 Å². The Hall–Kier alpha value is -0.250. The molecule has 1 rings (SSSR count). The van der Waals surface area contributed by atoms with Gasteiger partial charge in [0, 0.05) is 23.4 Å². The fraction of sp³-hybridized carbons (Fsp3) is 0.571. The second kappa shape index (κ2) is 7.37. The summed E-state index contributed by atoms with van der Waals surface area (Å²) in [5, 5.41) is 3.54. The van der Waals surface area contributed by atoms with Crippen LogP contribution >= 0.6 is 23.4 Å². The van der Waals surface area contributed by atoms with Crippen LogP contribution in [0.4, 0.5) is 4.39 Å². The fourth-order valence-electron chi connectivity index (χ4n) is 1.97. The summed E-state index contributed by atoms with van der Waals surface area (Å²) in [4.78, 5) is 0. The minimum Gasteiger partial charge on any atom is -0.311 e. The van der Waals surface area contributed by atoms with Gasteiger partial charge < -0.3 is 5.32 Å². The summed E-state index contributed by atoms with van der Waals surface area (Å²) in [5.41, 5.74) is 0.629. The monoisotopic (exact) mass is 289 g/mol. The minimum absolute atomic E-state index is 0.191. The first-order valence-corrected chi connectivity index (χ1v) is 7.87. The predicted octanol–water partition coefficient (Wildman–Crippen LogP) is 4.49. The molecule has 18 heavy (non-hydrogen) atoms. The summed E-state index contributed by atoms with van der Waals surface area (Å²) < 4.78 is 13.9. The molecule has 0 bridgehead atoms. The Kier molecular flexibility index (Phi) is 6.47. The van der Waals surface area contributed by atoms with Crippen molar-refractivity contribution in [3.05, 3.63) is 34.6 Å². The first-order valence-electron chi connectivity index (χ1n) is 6.27. The van der Waals surface area contributed by atoms with Crippen LogP contribution in [0.1, 0.15) is 32.3 Å². The highest BCUT2D eigenvalue weighted by Gasteiger charge is 2.24. The van der Waals surface area contributed by atoms with Gasteiger partial charge in [-0.1, -0.05) is 37.6 Å². The molecule has 1 nitrogen and oxygen atoms in total. The summed E-state index contributed by atoms with van der Waals surface area (Å²) in [6, 6.07) is 5.13. The van der Waals surface area contributed by atoms with Crippen molar-refractivity contribution in [1.29, 1.82) is 0 Å². The van der Waals surface area contributed by atoms with Gasteiger partial charge in [0.15, 0.2) is 0 Å². The molecular formula is C14H21ClFNS. The van der Waals surface area contributed by atoms with Gasteiger partial charge in [-0.2, -0.15) is 11.8 Å². The third-order valence-corrected chi connectivity index (χ3v) is 5.40. The maximum atomic E-state index is 13.7. The van der Waals surface area contributed by atoms with E-state index >= 15 is 0 Å². The third-order valence-electron chi connectivity index (χ3n) is 3.52. The maximum Gasteiger partial charge on any atom is 0.146 e. The van der Waals surface area contributed by atoms with E-state index < -0.39 is 0 Å². The van der Waals surface area contributed by atoms with Gasteiger partial charge in [0.25, 0.3) is 0 Å². The lowest BCUT2D eigenvalue weighted by molar-refractivity contribution is 0.488. The van der Waals surface area contributed by atoms with Crippen molar-refractivity contribution in [2.45, 2.75) is 38.0 Å². The summed E-state index contributed by atoms with van der Waals surface area (Å²) >= 11 is 7.64. The van der Waals surface area contributed by atoms with Crippen LogP contribution < -0.4 is 5.32 Å². The fourth-order valence-corrected chi connectivity index (χ4v) is 2.99. The highest BCUT2D eigenvalue weighted by Crippen LogP contribution is 2.29. The topological polar surface area (TPSA) is 12.0 Å². The van der Waals surface area contributed by atoms with Crippen molar-refractivity contribution < 1.29 is 4.39 Å². The van der Waals surface area contributed by atoms with Crippen LogP contribution in [-0.4, -0.2) is 17.5 Å². The highest BCUT2D eigenvalue weighted by atomic mass is 35.5. The van der Waals surface area contributed by atoms with Crippen LogP contribution in [0.25, 0.3) is 0 Å². The molecule has 0 amide bonds. The number of nitrogens with one attached hydrogen (secondary N) is 1. The first-order chi connectivity index (χ1) is 8.58. The largest absolute Gasteiger partial charge is 0.311 e. The van der Waals surface area contributed by atoms with Crippen LogP contribution in [0.5, 0.6) is 0 Å². The van der Waals surface area contributed by atoms with Gasteiger partial charge >= 0.3 is 0 Å². The molecule has 1 N–H and O–H groups in total. The molecule has 0 radical (unpaired) electrons. The Morgan fingerprint density at radius 3 is 2.56 bits per heavy atom. The normalized spacial score (nSPS) is 11.8. The lowest BCUT2D eigenvalue weighted by Gasteiger charge is -2.30. The van der Waals surface area contributed by atoms with E-state index in [9.17, 15) is 4.39 Å². The number of benzene rings is 1. The van der Waals surface area contributed by atoms with E-state index in [2.05, 4.69) is 25.4 Å². The molecule has 102 valence electrons. The van der Waals surface area contributed by atoms with Gasteiger partial charge in [-0.05, 0) is 25.2 Å². The number of rotatable bonds is 7. The molecule has 0 aliphatic heterocycles. The Balaban J connectivity index is 2.58. The summed E-state index contributed by atoms with van der Waals surface area (Å²) in [7, 11) is 0. The van der Waals surface area contributed by atoms with Gasteiger partial charge in [-0.15, -0.1) is 0 Å². The van der Waals surface area contributed by atoms with Crippen molar-refractivity contribution >= 4 is 23.4 Å². The zero-order chi connectivity index (χ0) is 13.6. The van der Waals surface area contributed by atoms with E-state index in [0.717, 1.165) is 19.4 Å². The molecule has 0 atom stereocenters. The van der Waals surface area contributed by atoms with Gasteiger partial charge in [0.2, 0.25) is 0 Å². The van der Waals surface area contributed by atoms with E-state index in [0.29, 0.717) is 12.1 Å². The van der Waals surface area contributed by atoms with Crippen molar-refractivity contribution in [2.75, 3.05) is 12.8 Å². The van der Waals surface area contributed by atoms with Gasteiger partial charge in [-0.3, -0.25) is 0 Å². The summed E-state index contributed by atoms with van der Waals surface area (Å²) in [6.07, 6.45) is 4.35. The van der Waals surface area contributed by atoms with E-state index in [1.807, 2.05) is 11.8 Å². The predicted molar refractivity (Wildman–Crippen MR) is 79.9 cm³/mol. The molecule has 0 fully saturated rings. The minimum atomic E-state index is -0.311. The van der Waals surface area contributed by atoms with Crippen molar-refractivity contribution in [1.82, 2.24) is 5.32 Å². The van der Waals surface area contributed by atoms with E-state index in [-0.39, 0.29) is 15.6 Å². The molecule has 1 aromatic rings. The Labute approximate surface area is 118 Å². The lowest BCUT2D eigenvalue weighted by Crippen LogP contribution is -2.36. The molecule has 4 heteroatoms.